The Balaban J connectivity index is 1.82. The highest BCUT2D eigenvalue weighted by Gasteiger charge is 2.22. The first kappa shape index (κ1) is 12.9. The quantitative estimate of drug-likeness (QED) is 0.740. The highest BCUT2D eigenvalue weighted by molar-refractivity contribution is 5.06. The van der Waals surface area contributed by atoms with Gasteiger partial charge in [0.15, 0.2) is 0 Å². The van der Waals surface area contributed by atoms with Crippen LogP contribution in [0.15, 0.2) is 11.8 Å². The van der Waals surface area contributed by atoms with Crippen molar-refractivity contribution in [3.05, 3.63) is 11.8 Å². The lowest BCUT2D eigenvalue weighted by atomic mass is 9.90. The molecule has 0 aromatic carbocycles. The van der Waals surface area contributed by atoms with Gasteiger partial charge in [0.1, 0.15) is 0 Å². The molecule has 2 heteroatoms. The van der Waals surface area contributed by atoms with Crippen molar-refractivity contribution in [1.29, 1.82) is 0 Å². The average molecular weight is 236 g/mol. The number of nitrogens with one attached hydrogen (secondary N) is 2. The molecule has 0 radical (unpaired) electrons. The van der Waals surface area contributed by atoms with Crippen molar-refractivity contribution < 1.29 is 0 Å². The van der Waals surface area contributed by atoms with Crippen molar-refractivity contribution in [2.75, 3.05) is 0 Å². The van der Waals surface area contributed by atoms with E-state index < -0.39 is 0 Å². The summed E-state index contributed by atoms with van der Waals surface area (Å²) < 4.78 is 0. The van der Waals surface area contributed by atoms with E-state index in [1.165, 1.54) is 44.2 Å². The summed E-state index contributed by atoms with van der Waals surface area (Å²) in [7, 11) is 0. The normalized spacial score (nSPS) is 24.4. The molecule has 0 bridgehead atoms. The van der Waals surface area contributed by atoms with Gasteiger partial charge >= 0.3 is 0 Å². The molecule has 2 N–H and O–H groups in total. The van der Waals surface area contributed by atoms with Crippen molar-refractivity contribution in [2.45, 2.75) is 77.4 Å². The van der Waals surface area contributed by atoms with E-state index in [0.717, 1.165) is 12.1 Å². The molecule has 0 aliphatic heterocycles. The van der Waals surface area contributed by atoms with E-state index >= 15 is 0 Å². The minimum absolute atomic E-state index is 0.535. The fraction of sp³-hybridized carbons (Fsp3) is 0.867. The summed E-state index contributed by atoms with van der Waals surface area (Å²) in [5.74, 6) is 0.675. The molecule has 0 aromatic heterocycles. The van der Waals surface area contributed by atoms with Crippen LogP contribution in [0.5, 0.6) is 0 Å². The minimum atomic E-state index is 0.535. The van der Waals surface area contributed by atoms with Crippen molar-refractivity contribution in [3.63, 3.8) is 0 Å². The van der Waals surface area contributed by atoms with Gasteiger partial charge in [0.2, 0.25) is 0 Å². The van der Waals surface area contributed by atoms with Crippen LogP contribution in [0.3, 0.4) is 0 Å². The first-order chi connectivity index (χ1) is 8.15. The Morgan fingerprint density at radius 3 is 2.06 bits per heavy atom. The number of allylic oxidation sites excluding steroid dienone is 1. The van der Waals surface area contributed by atoms with E-state index in [1.807, 2.05) is 0 Å². The molecule has 2 rings (SSSR count). The Kier molecular flexibility index (Phi) is 4.49. The van der Waals surface area contributed by atoms with Crippen LogP contribution in [0, 0.1) is 5.92 Å². The largest absolute Gasteiger partial charge is 0.386 e. The van der Waals surface area contributed by atoms with E-state index in [2.05, 4.69) is 37.5 Å². The predicted octanol–water partition coefficient (Wildman–Crippen LogP) is 3.20. The topological polar surface area (TPSA) is 24.1 Å². The van der Waals surface area contributed by atoms with Gasteiger partial charge in [-0.25, -0.2) is 0 Å². The van der Waals surface area contributed by atoms with Gasteiger partial charge < -0.3 is 10.6 Å². The van der Waals surface area contributed by atoms with Crippen LogP contribution >= 0.6 is 0 Å². The summed E-state index contributed by atoms with van der Waals surface area (Å²) in [6, 6.07) is 2.06. The molecule has 2 fully saturated rings. The smallest absolute Gasteiger partial charge is 0.0295 e. The van der Waals surface area contributed by atoms with Gasteiger partial charge in [-0.05, 0) is 51.0 Å². The van der Waals surface area contributed by atoms with E-state index in [-0.39, 0.29) is 0 Å². The first-order valence-corrected chi connectivity index (χ1v) is 7.36. The summed E-state index contributed by atoms with van der Waals surface area (Å²) in [5.41, 5.74) is 1.36. The van der Waals surface area contributed by atoms with Crippen molar-refractivity contribution >= 4 is 0 Å². The first-order valence-electron chi connectivity index (χ1n) is 7.36. The van der Waals surface area contributed by atoms with Crippen LogP contribution in [0.1, 0.15) is 59.3 Å². The average Bonchev–Trinajstić information content (AvgIpc) is 2.15. The van der Waals surface area contributed by atoms with Gasteiger partial charge in [0.05, 0.1) is 0 Å². The van der Waals surface area contributed by atoms with E-state index in [0.29, 0.717) is 12.0 Å². The molecular formula is C15H28N2. The van der Waals surface area contributed by atoms with Crippen LogP contribution in [0.2, 0.25) is 0 Å². The molecule has 2 aliphatic rings. The summed E-state index contributed by atoms with van der Waals surface area (Å²) in [4.78, 5) is 0. The van der Waals surface area contributed by atoms with E-state index in [1.54, 1.807) is 0 Å². The molecule has 0 heterocycles. The third-order valence-electron chi connectivity index (χ3n) is 4.22. The maximum atomic E-state index is 3.78. The lowest BCUT2D eigenvalue weighted by Crippen LogP contribution is -2.44. The fourth-order valence-corrected chi connectivity index (χ4v) is 2.47. The molecule has 2 saturated carbocycles. The molecule has 1 atom stereocenters. The van der Waals surface area contributed by atoms with Crippen LogP contribution in [-0.4, -0.2) is 18.1 Å². The van der Waals surface area contributed by atoms with Crippen LogP contribution in [0.25, 0.3) is 0 Å². The SMILES string of the molecule is C/C(=C\[C@@H](NC1CCC1)C(C)C)NC1CCC1. The van der Waals surface area contributed by atoms with Gasteiger partial charge in [0, 0.05) is 23.8 Å². The van der Waals surface area contributed by atoms with Gasteiger partial charge in [0.25, 0.3) is 0 Å². The van der Waals surface area contributed by atoms with Gasteiger partial charge in [-0.2, -0.15) is 0 Å². The Labute approximate surface area is 106 Å². The Hall–Kier alpha value is -0.500. The molecule has 2 aliphatic carbocycles. The second-order valence-corrected chi connectivity index (χ2v) is 6.19. The van der Waals surface area contributed by atoms with Gasteiger partial charge in [-0.1, -0.05) is 20.3 Å². The lowest BCUT2D eigenvalue weighted by molar-refractivity contribution is 0.293. The second-order valence-electron chi connectivity index (χ2n) is 6.19. The fourth-order valence-electron chi connectivity index (χ4n) is 2.47. The maximum absolute atomic E-state index is 3.78. The third-order valence-corrected chi connectivity index (χ3v) is 4.22. The molecule has 0 spiro atoms. The van der Waals surface area contributed by atoms with E-state index in [4.69, 9.17) is 0 Å². The third kappa shape index (κ3) is 3.74. The zero-order valence-corrected chi connectivity index (χ0v) is 11.6. The summed E-state index contributed by atoms with van der Waals surface area (Å²) in [5, 5.41) is 7.41. The summed E-state index contributed by atoms with van der Waals surface area (Å²) >= 11 is 0. The van der Waals surface area contributed by atoms with Crippen molar-refractivity contribution in [1.82, 2.24) is 10.6 Å². The van der Waals surface area contributed by atoms with Crippen molar-refractivity contribution in [2.24, 2.45) is 5.92 Å². The molecule has 2 nitrogen and oxygen atoms in total. The monoisotopic (exact) mass is 236 g/mol. The molecule has 0 saturated heterocycles. The van der Waals surface area contributed by atoms with Gasteiger partial charge in [-0.15, -0.1) is 0 Å². The minimum Gasteiger partial charge on any atom is -0.386 e. The molecule has 0 unspecified atom stereocenters. The predicted molar refractivity (Wildman–Crippen MR) is 73.9 cm³/mol. The molecule has 98 valence electrons. The molecule has 17 heavy (non-hydrogen) atoms. The summed E-state index contributed by atoms with van der Waals surface area (Å²) in [6.07, 6.45) is 10.7. The molecule has 0 amide bonds. The van der Waals surface area contributed by atoms with E-state index in [9.17, 15) is 0 Å². The highest BCUT2D eigenvalue weighted by Crippen LogP contribution is 2.22. The zero-order valence-electron chi connectivity index (χ0n) is 11.6. The Morgan fingerprint density at radius 1 is 1.06 bits per heavy atom. The molecular weight excluding hydrogens is 208 g/mol. The van der Waals surface area contributed by atoms with Crippen LogP contribution in [0.4, 0.5) is 0 Å². The Bertz CT molecular complexity index is 262. The Morgan fingerprint density at radius 2 is 1.65 bits per heavy atom. The maximum Gasteiger partial charge on any atom is 0.0295 e. The number of hydrogen-bond donors (Lipinski definition) is 2. The number of rotatable bonds is 6. The standard InChI is InChI=1S/C15H28N2/c1-11(2)15(17-14-8-5-9-14)10-12(3)16-13-6-4-7-13/h10-11,13-17H,4-9H2,1-3H3/b12-10+/t15-/m1/s1. The van der Waals surface area contributed by atoms with Gasteiger partial charge in [-0.3, -0.25) is 0 Å². The van der Waals surface area contributed by atoms with Crippen LogP contribution in [-0.2, 0) is 0 Å². The summed E-state index contributed by atoms with van der Waals surface area (Å²) in [6.45, 7) is 6.84. The number of hydrogen-bond acceptors (Lipinski definition) is 2. The van der Waals surface area contributed by atoms with Crippen LogP contribution < -0.4 is 10.6 Å². The second kappa shape index (κ2) is 5.90. The zero-order chi connectivity index (χ0) is 12.3. The van der Waals surface area contributed by atoms with Crippen molar-refractivity contribution in [3.8, 4) is 0 Å². The lowest BCUT2D eigenvalue weighted by Gasteiger charge is -2.33. The molecule has 0 aromatic rings. The highest BCUT2D eigenvalue weighted by atomic mass is 15.0.